The fraction of sp³-hybridized carbons (Fsp3) is 0. The molecule has 0 amide bonds. The zero-order chi connectivity index (χ0) is 10.6. The van der Waals surface area contributed by atoms with Gasteiger partial charge in [0.1, 0.15) is 6.07 Å². The third-order valence-corrected chi connectivity index (χ3v) is 2.62. The first-order chi connectivity index (χ1) is 6.70. The van der Waals surface area contributed by atoms with E-state index in [0.717, 1.165) is 5.54 Å². The number of rotatable bonds is 2. The molecular weight excluding hydrogens is 222 g/mol. The molecule has 0 unspecified atom stereocenters. The molecule has 0 saturated heterocycles. The van der Waals surface area contributed by atoms with Crippen LogP contribution in [0.2, 0.25) is 0 Å². The minimum absolute atomic E-state index is 0.107. The molecule has 0 aliphatic carbocycles. The Morgan fingerprint density at radius 2 is 2.07 bits per heavy atom. The molecule has 0 radical (unpaired) electrons. The van der Waals surface area contributed by atoms with Gasteiger partial charge in [-0.2, -0.15) is 5.26 Å². The Kier molecular flexibility index (Phi) is 3.69. The maximum atomic E-state index is 10.8. The molecule has 0 saturated carbocycles. The zero-order valence-corrected chi connectivity index (χ0v) is 8.63. The molecule has 1 rings (SSSR count). The van der Waals surface area contributed by atoms with Crippen molar-refractivity contribution in [2.45, 2.75) is 4.90 Å². The number of nitrogens with zero attached hydrogens (tertiary/aromatic N) is 1. The van der Waals surface area contributed by atoms with Crippen molar-refractivity contribution >= 4 is 27.9 Å². The van der Waals surface area contributed by atoms with Crippen molar-refractivity contribution in [2.24, 2.45) is 0 Å². The van der Waals surface area contributed by atoms with E-state index < -0.39 is 10.7 Å². The smallest absolute Gasteiger partial charge is 0.168 e. The Labute approximate surface area is 88.2 Å². The molecule has 0 aliphatic rings. The van der Waals surface area contributed by atoms with Crippen LogP contribution in [-0.2, 0) is 10.7 Å². The Bertz CT molecular complexity index is 478. The summed E-state index contributed by atoms with van der Waals surface area (Å²) in [7, 11) is -2.71. The summed E-state index contributed by atoms with van der Waals surface area (Å²) in [5, 5.41) is 8.69. The van der Waals surface area contributed by atoms with Crippen LogP contribution in [0, 0.1) is 11.3 Å². The molecule has 1 aromatic carbocycles. The first-order valence-electron chi connectivity index (χ1n) is 3.65. The maximum Gasteiger partial charge on any atom is 0.168 e. The largest absolute Gasteiger partial charge is 0.227 e. The van der Waals surface area contributed by atoms with Crippen molar-refractivity contribution in [3.63, 3.8) is 0 Å². The first-order valence-corrected chi connectivity index (χ1v) is 5.26. The monoisotopic (exact) mass is 227 g/mol. The molecule has 0 heterocycles. The normalized spacial score (nSPS) is 11.4. The molecule has 0 atom stereocenters. The number of nitriles is 1. The maximum absolute atomic E-state index is 10.8. The molecule has 0 bridgehead atoms. The standard InChI is InChI=1S/C9H6ClNO2S/c10-5-7(6-11)8-3-1-2-4-9(8)14(12)13/h1-5,14H. The van der Waals surface area contributed by atoms with Gasteiger partial charge in [0.05, 0.1) is 10.5 Å². The van der Waals surface area contributed by atoms with Gasteiger partial charge in [-0.3, -0.25) is 0 Å². The molecule has 3 nitrogen and oxygen atoms in total. The number of allylic oxidation sites excluding steroid dienone is 1. The van der Waals surface area contributed by atoms with E-state index in [1.807, 2.05) is 6.07 Å². The van der Waals surface area contributed by atoms with Crippen LogP contribution in [0.15, 0.2) is 34.7 Å². The van der Waals surface area contributed by atoms with E-state index in [-0.39, 0.29) is 10.5 Å². The summed E-state index contributed by atoms with van der Waals surface area (Å²) in [6, 6.07) is 8.03. The summed E-state index contributed by atoms with van der Waals surface area (Å²) in [5.74, 6) is 0. The summed E-state index contributed by atoms with van der Waals surface area (Å²) < 4.78 is 21.6. The molecule has 0 N–H and O–H groups in total. The van der Waals surface area contributed by atoms with Crippen molar-refractivity contribution < 1.29 is 8.42 Å². The van der Waals surface area contributed by atoms with Crippen LogP contribution in [-0.4, -0.2) is 8.42 Å². The van der Waals surface area contributed by atoms with Gasteiger partial charge in [-0.05, 0) is 6.07 Å². The summed E-state index contributed by atoms with van der Waals surface area (Å²) in [4.78, 5) is 0.107. The minimum Gasteiger partial charge on any atom is -0.227 e. The predicted octanol–water partition coefficient (Wildman–Crippen LogP) is 1.76. The van der Waals surface area contributed by atoms with Gasteiger partial charge in [-0.1, -0.05) is 29.8 Å². The number of benzene rings is 1. The number of thiol groups is 1. The second kappa shape index (κ2) is 4.80. The lowest BCUT2D eigenvalue weighted by Crippen LogP contribution is -1.89. The number of hydrogen-bond donors (Lipinski definition) is 1. The van der Waals surface area contributed by atoms with Crippen molar-refractivity contribution in [2.75, 3.05) is 0 Å². The van der Waals surface area contributed by atoms with E-state index in [1.54, 1.807) is 12.1 Å². The quantitative estimate of drug-likeness (QED) is 0.619. The second-order valence-electron chi connectivity index (χ2n) is 2.41. The van der Waals surface area contributed by atoms with E-state index in [2.05, 4.69) is 0 Å². The first kappa shape index (κ1) is 10.8. The molecule has 0 aliphatic heterocycles. The third kappa shape index (κ3) is 2.13. The van der Waals surface area contributed by atoms with Gasteiger partial charge in [-0.15, -0.1) is 0 Å². The highest BCUT2D eigenvalue weighted by atomic mass is 35.5. The topological polar surface area (TPSA) is 57.9 Å². The van der Waals surface area contributed by atoms with Gasteiger partial charge in [-0.25, -0.2) is 8.42 Å². The zero-order valence-electron chi connectivity index (χ0n) is 6.98. The SMILES string of the molecule is N#CC(=CCl)c1ccccc1[SH](=O)=O. The van der Waals surface area contributed by atoms with Gasteiger partial charge in [0.15, 0.2) is 10.7 Å². The van der Waals surface area contributed by atoms with Crippen molar-refractivity contribution in [1.82, 2.24) is 0 Å². The lowest BCUT2D eigenvalue weighted by Gasteiger charge is -2.00. The Hall–Kier alpha value is -1.31. The predicted molar refractivity (Wildman–Crippen MR) is 54.5 cm³/mol. The lowest BCUT2D eigenvalue weighted by atomic mass is 10.1. The van der Waals surface area contributed by atoms with Gasteiger partial charge in [0, 0.05) is 11.1 Å². The highest BCUT2D eigenvalue weighted by molar-refractivity contribution is 7.72. The van der Waals surface area contributed by atoms with Crippen molar-refractivity contribution in [3.8, 4) is 6.07 Å². The van der Waals surface area contributed by atoms with Crippen LogP contribution >= 0.6 is 11.6 Å². The molecule has 5 heteroatoms. The minimum atomic E-state index is -2.71. The van der Waals surface area contributed by atoms with Gasteiger partial charge in [0.2, 0.25) is 0 Å². The number of halogens is 1. The van der Waals surface area contributed by atoms with E-state index in [0.29, 0.717) is 5.56 Å². The Balaban J connectivity index is 3.43. The van der Waals surface area contributed by atoms with Gasteiger partial charge in [0.25, 0.3) is 0 Å². The Morgan fingerprint density at radius 3 is 2.57 bits per heavy atom. The summed E-state index contributed by atoms with van der Waals surface area (Å²) in [6.07, 6.45) is 0. The van der Waals surface area contributed by atoms with E-state index >= 15 is 0 Å². The molecule has 0 fully saturated rings. The van der Waals surface area contributed by atoms with Gasteiger partial charge >= 0.3 is 0 Å². The fourth-order valence-electron chi connectivity index (χ4n) is 1.00. The second-order valence-corrected chi connectivity index (χ2v) is 3.62. The number of hydrogen-bond acceptors (Lipinski definition) is 3. The van der Waals surface area contributed by atoms with Crippen LogP contribution in [0.1, 0.15) is 5.56 Å². The Morgan fingerprint density at radius 1 is 1.43 bits per heavy atom. The summed E-state index contributed by atoms with van der Waals surface area (Å²) in [5.41, 5.74) is 1.54. The van der Waals surface area contributed by atoms with E-state index in [1.165, 1.54) is 12.1 Å². The van der Waals surface area contributed by atoms with Gasteiger partial charge < -0.3 is 0 Å². The van der Waals surface area contributed by atoms with Crippen LogP contribution in [0.5, 0.6) is 0 Å². The molecule has 1 aromatic rings. The highest BCUT2D eigenvalue weighted by Crippen LogP contribution is 2.20. The van der Waals surface area contributed by atoms with Crippen molar-refractivity contribution in [3.05, 3.63) is 35.4 Å². The molecule has 72 valence electrons. The lowest BCUT2D eigenvalue weighted by molar-refractivity contribution is 0.614. The average Bonchev–Trinajstić information content (AvgIpc) is 2.20. The van der Waals surface area contributed by atoms with E-state index in [4.69, 9.17) is 16.9 Å². The average molecular weight is 228 g/mol. The van der Waals surface area contributed by atoms with E-state index in [9.17, 15) is 8.42 Å². The van der Waals surface area contributed by atoms with Crippen LogP contribution in [0.3, 0.4) is 0 Å². The molecule has 0 spiro atoms. The van der Waals surface area contributed by atoms with Crippen LogP contribution < -0.4 is 0 Å². The van der Waals surface area contributed by atoms with Crippen LogP contribution in [0.4, 0.5) is 0 Å². The summed E-state index contributed by atoms with van der Waals surface area (Å²) in [6.45, 7) is 0. The van der Waals surface area contributed by atoms with Crippen LogP contribution in [0.25, 0.3) is 5.57 Å². The molecule has 14 heavy (non-hydrogen) atoms. The highest BCUT2D eigenvalue weighted by Gasteiger charge is 2.07. The third-order valence-electron chi connectivity index (χ3n) is 1.62. The fourth-order valence-corrected chi connectivity index (χ4v) is 1.77. The van der Waals surface area contributed by atoms with Crippen molar-refractivity contribution in [1.29, 1.82) is 5.26 Å². The summed E-state index contributed by atoms with van der Waals surface area (Å²) >= 11 is 5.40. The molecule has 0 aromatic heterocycles. The molecular formula is C9H6ClNO2S.